The minimum Gasteiger partial charge on any atom is -0.460 e. The topological polar surface area (TPSA) is 117 Å². The maximum absolute atomic E-state index is 14.2. The number of aliphatic hydroxyl groups is 1. The van der Waals surface area contributed by atoms with Crippen LogP contribution in [0.15, 0.2) is 17.1 Å². The molecule has 0 amide bonds. The van der Waals surface area contributed by atoms with Crippen molar-refractivity contribution < 1.29 is 28.2 Å². The Bertz CT molecular complexity index is 635. The SMILES string of the molecule is CC(=O)O[C@@H](C)[C@H]1O[C@@H](n2ccc(N)nc2=O)C(F)(F)[C@@H]1O. The molecule has 0 aliphatic carbocycles. The standard InChI is InChI=1S/C12H15F2N3O5/c1-5(21-6(2)18)8-9(19)12(13,14)10(22-8)17-4-3-7(15)16-11(17)20/h3-5,8-10,19H,1-2H3,(H2,15,16,20)/t5-,8+,9+,10+/m0/s1. The van der Waals surface area contributed by atoms with Gasteiger partial charge in [-0.05, 0) is 13.0 Å². The number of hydrogen-bond donors (Lipinski definition) is 2. The Kier molecular flexibility index (Phi) is 4.16. The summed E-state index contributed by atoms with van der Waals surface area (Å²) in [6.45, 7) is 2.40. The van der Waals surface area contributed by atoms with Crippen LogP contribution in [0.3, 0.4) is 0 Å². The molecule has 22 heavy (non-hydrogen) atoms. The monoisotopic (exact) mass is 319 g/mol. The number of nitrogen functional groups attached to an aromatic ring is 1. The first-order chi connectivity index (χ1) is 10.1. The van der Waals surface area contributed by atoms with Gasteiger partial charge in [0, 0.05) is 13.1 Å². The Morgan fingerprint density at radius 3 is 2.82 bits per heavy atom. The predicted molar refractivity (Wildman–Crippen MR) is 69.0 cm³/mol. The summed E-state index contributed by atoms with van der Waals surface area (Å²) in [5, 5.41) is 9.75. The highest BCUT2D eigenvalue weighted by Gasteiger charge is 2.61. The minimum atomic E-state index is -3.78. The van der Waals surface area contributed by atoms with Crippen LogP contribution in [0.1, 0.15) is 20.1 Å². The molecule has 2 rings (SSSR count). The van der Waals surface area contributed by atoms with Crippen molar-refractivity contribution in [1.29, 1.82) is 0 Å². The average Bonchev–Trinajstić information content (AvgIpc) is 2.61. The summed E-state index contributed by atoms with van der Waals surface area (Å²) in [5.41, 5.74) is 4.25. The molecule has 1 aliphatic rings. The molecule has 0 unspecified atom stereocenters. The van der Waals surface area contributed by atoms with Gasteiger partial charge >= 0.3 is 17.6 Å². The third-order valence-corrected chi connectivity index (χ3v) is 3.24. The van der Waals surface area contributed by atoms with E-state index in [1.165, 1.54) is 6.92 Å². The highest BCUT2D eigenvalue weighted by molar-refractivity contribution is 5.66. The number of anilines is 1. The summed E-state index contributed by atoms with van der Waals surface area (Å²) in [6, 6.07) is 1.15. The molecule has 0 aromatic carbocycles. The summed E-state index contributed by atoms with van der Waals surface area (Å²) in [7, 11) is 0. The van der Waals surface area contributed by atoms with Gasteiger partial charge in [0.05, 0.1) is 0 Å². The first kappa shape index (κ1) is 16.3. The second-order valence-corrected chi connectivity index (χ2v) is 4.93. The molecule has 3 N–H and O–H groups in total. The fourth-order valence-corrected chi connectivity index (χ4v) is 2.23. The number of rotatable bonds is 3. The molecule has 1 aliphatic heterocycles. The van der Waals surface area contributed by atoms with Crippen molar-refractivity contribution in [3.8, 4) is 0 Å². The van der Waals surface area contributed by atoms with Crippen molar-refractivity contribution in [2.75, 3.05) is 5.73 Å². The lowest BCUT2D eigenvalue weighted by molar-refractivity contribution is -0.158. The van der Waals surface area contributed by atoms with Gasteiger partial charge in [0.2, 0.25) is 6.23 Å². The lowest BCUT2D eigenvalue weighted by Gasteiger charge is -2.21. The Labute approximate surface area is 123 Å². The maximum atomic E-state index is 14.2. The second kappa shape index (κ2) is 5.61. The lowest BCUT2D eigenvalue weighted by atomic mass is 10.1. The maximum Gasteiger partial charge on any atom is 0.351 e. The van der Waals surface area contributed by atoms with Gasteiger partial charge in [-0.2, -0.15) is 13.8 Å². The summed E-state index contributed by atoms with van der Waals surface area (Å²) < 4.78 is 38.7. The largest absolute Gasteiger partial charge is 0.460 e. The molecule has 122 valence electrons. The summed E-state index contributed by atoms with van der Waals surface area (Å²) in [6.07, 6.45) is -5.95. The van der Waals surface area contributed by atoms with Crippen LogP contribution in [-0.2, 0) is 14.3 Å². The molecule has 0 bridgehead atoms. The van der Waals surface area contributed by atoms with E-state index in [0.29, 0.717) is 4.57 Å². The van der Waals surface area contributed by atoms with Gasteiger partial charge < -0.3 is 20.3 Å². The molecular formula is C12H15F2N3O5. The Morgan fingerprint density at radius 2 is 2.27 bits per heavy atom. The van der Waals surface area contributed by atoms with Gasteiger partial charge in [-0.25, -0.2) is 4.79 Å². The molecule has 0 saturated carbocycles. The number of carbonyl (C=O) groups is 1. The van der Waals surface area contributed by atoms with E-state index in [9.17, 15) is 23.5 Å². The summed E-state index contributed by atoms with van der Waals surface area (Å²) in [4.78, 5) is 25.9. The molecule has 2 heterocycles. The first-order valence-electron chi connectivity index (χ1n) is 6.37. The zero-order valence-electron chi connectivity index (χ0n) is 11.8. The third-order valence-electron chi connectivity index (χ3n) is 3.24. The highest BCUT2D eigenvalue weighted by atomic mass is 19.3. The minimum absolute atomic E-state index is 0.132. The molecule has 1 saturated heterocycles. The Hall–Kier alpha value is -2.07. The number of aromatic nitrogens is 2. The number of ether oxygens (including phenoxy) is 2. The summed E-state index contributed by atoms with van der Waals surface area (Å²) >= 11 is 0. The van der Waals surface area contributed by atoms with Gasteiger partial charge in [0.1, 0.15) is 18.0 Å². The van der Waals surface area contributed by atoms with Crippen molar-refractivity contribution in [2.24, 2.45) is 0 Å². The predicted octanol–water partition coefficient (Wildman–Crippen LogP) is -0.329. The normalized spacial score (nSPS) is 28.3. The Balaban J connectivity index is 2.33. The van der Waals surface area contributed by atoms with Crippen LogP contribution < -0.4 is 11.4 Å². The van der Waals surface area contributed by atoms with E-state index >= 15 is 0 Å². The van der Waals surface area contributed by atoms with E-state index in [1.54, 1.807) is 0 Å². The molecule has 0 spiro atoms. The van der Waals surface area contributed by atoms with E-state index in [0.717, 1.165) is 19.2 Å². The average molecular weight is 319 g/mol. The van der Waals surface area contributed by atoms with Crippen molar-refractivity contribution in [3.05, 3.63) is 22.7 Å². The number of aliphatic hydroxyl groups excluding tert-OH is 1. The van der Waals surface area contributed by atoms with Crippen molar-refractivity contribution in [2.45, 2.75) is 44.3 Å². The van der Waals surface area contributed by atoms with E-state index in [4.69, 9.17) is 15.2 Å². The zero-order valence-corrected chi connectivity index (χ0v) is 11.8. The highest BCUT2D eigenvalue weighted by Crippen LogP contribution is 2.43. The zero-order chi connectivity index (χ0) is 16.7. The number of carbonyl (C=O) groups excluding carboxylic acids is 1. The molecular weight excluding hydrogens is 304 g/mol. The van der Waals surface area contributed by atoms with E-state index < -0.39 is 42.1 Å². The number of nitrogens with two attached hydrogens (primary N) is 1. The van der Waals surface area contributed by atoms with E-state index in [2.05, 4.69) is 4.98 Å². The van der Waals surface area contributed by atoms with Gasteiger partial charge in [-0.3, -0.25) is 9.36 Å². The van der Waals surface area contributed by atoms with Crippen LogP contribution in [0, 0.1) is 0 Å². The number of alkyl halides is 2. The lowest BCUT2D eigenvalue weighted by Crippen LogP contribution is -2.43. The molecule has 10 heteroatoms. The first-order valence-corrected chi connectivity index (χ1v) is 6.37. The van der Waals surface area contributed by atoms with Crippen LogP contribution in [0.4, 0.5) is 14.6 Å². The van der Waals surface area contributed by atoms with Crippen LogP contribution in [0.5, 0.6) is 0 Å². The van der Waals surface area contributed by atoms with Crippen LogP contribution >= 0.6 is 0 Å². The molecule has 1 fully saturated rings. The van der Waals surface area contributed by atoms with Crippen molar-refractivity contribution in [3.63, 3.8) is 0 Å². The number of esters is 1. The number of halogens is 2. The number of hydrogen-bond acceptors (Lipinski definition) is 7. The van der Waals surface area contributed by atoms with Crippen LogP contribution in [0.25, 0.3) is 0 Å². The van der Waals surface area contributed by atoms with Crippen molar-refractivity contribution >= 4 is 11.8 Å². The fraction of sp³-hybridized carbons (Fsp3) is 0.583. The fourth-order valence-electron chi connectivity index (χ4n) is 2.23. The molecule has 1 aromatic rings. The summed E-state index contributed by atoms with van der Waals surface area (Å²) in [5.74, 6) is -4.62. The third kappa shape index (κ3) is 2.79. The van der Waals surface area contributed by atoms with Gasteiger partial charge in [-0.15, -0.1) is 0 Å². The van der Waals surface area contributed by atoms with Crippen molar-refractivity contribution in [1.82, 2.24) is 9.55 Å². The van der Waals surface area contributed by atoms with Crippen LogP contribution in [-0.4, -0.2) is 44.9 Å². The molecule has 4 atom stereocenters. The Morgan fingerprint density at radius 1 is 1.64 bits per heavy atom. The van der Waals surface area contributed by atoms with E-state index in [-0.39, 0.29) is 5.82 Å². The second-order valence-electron chi connectivity index (χ2n) is 4.93. The molecule has 0 radical (unpaired) electrons. The van der Waals surface area contributed by atoms with E-state index in [1.807, 2.05) is 0 Å². The smallest absolute Gasteiger partial charge is 0.351 e. The van der Waals surface area contributed by atoms with Gasteiger partial charge in [-0.1, -0.05) is 0 Å². The molecule has 1 aromatic heterocycles. The number of nitrogens with zero attached hydrogens (tertiary/aromatic N) is 2. The quantitative estimate of drug-likeness (QED) is 0.733. The van der Waals surface area contributed by atoms with Gasteiger partial charge in [0.25, 0.3) is 0 Å². The molecule has 8 nitrogen and oxygen atoms in total. The van der Waals surface area contributed by atoms with Gasteiger partial charge in [0.15, 0.2) is 6.10 Å². The van der Waals surface area contributed by atoms with Crippen LogP contribution in [0.2, 0.25) is 0 Å².